The van der Waals surface area contributed by atoms with Crippen LogP contribution in [0.2, 0.25) is 0 Å². The molecule has 2 aromatic heterocycles. The van der Waals surface area contributed by atoms with Crippen molar-refractivity contribution in [1.82, 2.24) is 14.5 Å². The normalized spacial score (nSPS) is 18.0. The van der Waals surface area contributed by atoms with Gasteiger partial charge in [-0.05, 0) is 116 Å². The molecule has 8 rings (SSSR count). The zero-order chi connectivity index (χ0) is 60.2. The largest absolute Gasteiger partial charge is 0.507 e. The highest BCUT2D eigenvalue weighted by Gasteiger charge is 2.30. The Hall–Kier alpha value is -6.26. The minimum absolute atomic E-state index is 0.193. The van der Waals surface area contributed by atoms with Gasteiger partial charge in [-0.2, -0.15) is 0 Å². The second-order valence-electron chi connectivity index (χ2n) is 18.6. The summed E-state index contributed by atoms with van der Waals surface area (Å²) < 4.78 is 160. The molecule has 0 fully saturated rings. The van der Waals surface area contributed by atoms with Crippen LogP contribution in [0.4, 0.5) is 0 Å². The van der Waals surface area contributed by atoms with Crippen molar-refractivity contribution in [2.45, 2.75) is 111 Å². The molecule has 0 saturated carbocycles. The van der Waals surface area contributed by atoms with E-state index >= 15 is 0 Å². The third kappa shape index (κ3) is 8.61. The number of hydrogen-bond acceptors (Lipinski definition) is 3. The maximum Gasteiger partial charge on any atom is 0.149 e. The Bertz CT molecular complexity index is 3590. The quantitative estimate of drug-likeness (QED) is 0.181. The average Bonchev–Trinajstić information content (AvgIpc) is 3.73. The molecule has 0 unspecified atom stereocenters. The molecule has 0 aliphatic heterocycles. The number of phenols is 1. The molecule has 0 radical (unpaired) electrons. The Morgan fingerprint density at radius 3 is 1.86 bits per heavy atom. The molecule has 1 N–H and O–H groups in total. The lowest BCUT2D eigenvalue weighted by molar-refractivity contribution is 0.446. The minimum atomic E-state index is -4.13. The summed E-state index contributed by atoms with van der Waals surface area (Å²) >= 11 is 0. The Morgan fingerprint density at radius 1 is 0.508 bits per heavy atom. The van der Waals surface area contributed by atoms with E-state index in [0.29, 0.717) is 45.2 Å². The van der Waals surface area contributed by atoms with Crippen molar-refractivity contribution in [3.05, 3.63) is 167 Å². The second-order valence-corrected chi connectivity index (χ2v) is 18.6. The first kappa shape index (κ1) is 26.4. The van der Waals surface area contributed by atoms with Crippen molar-refractivity contribution in [3.63, 3.8) is 0 Å². The number of phenolic OH excluding ortho intramolecular Hbond substituents is 1. The van der Waals surface area contributed by atoms with Crippen molar-refractivity contribution < 1.29 is 29.8 Å². The van der Waals surface area contributed by atoms with Crippen LogP contribution in [-0.2, 0) is 21.7 Å². The van der Waals surface area contributed by atoms with E-state index in [4.69, 9.17) is 34.6 Å². The van der Waals surface area contributed by atoms with Crippen LogP contribution in [0.3, 0.4) is 0 Å². The van der Waals surface area contributed by atoms with E-state index in [1.165, 1.54) is 0 Å². The van der Waals surface area contributed by atoms with Gasteiger partial charge in [0, 0.05) is 53.1 Å². The Morgan fingerprint density at radius 2 is 1.17 bits per heavy atom. The number of para-hydroxylation sites is 1. The number of aromatic hydroxyl groups is 1. The van der Waals surface area contributed by atoms with Gasteiger partial charge in [0.05, 0.1) is 28.0 Å². The van der Waals surface area contributed by atoms with Gasteiger partial charge in [0.15, 0.2) is 0 Å². The van der Waals surface area contributed by atoms with Crippen LogP contribution >= 0.6 is 0 Å². The molecule has 320 valence electrons. The van der Waals surface area contributed by atoms with Crippen LogP contribution in [0.5, 0.6) is 5.75 Å². The molecule has 63 heavy (non-hydrogen) atoms. The van der Waals surface area contributed by atoms with E-state index in [9.17, 15) is 5.11 Å². The fourth-order valence-corrected chi connectivity index (χ4v) is 7.99. The molecule has 6 aromatic carbocycles. The number of rotatable bonds is 6. The molecule has 2 heterocycles. The zero-order valence-electron chi connectivity index (χ0n) is 54.6. The van der Waals surface area contributed by atoms with Gasteiger partial charge >= 0.3 is 0 Å². The summed E-state index contributed by atoms with van der Waals surface area (Å²) in [4.78, 5) is 10.0. The Labute approximate surface area is 401 Å². The van der Waals surface area contributed by atoms with E-state index in [1.807, 2.05) is 125 Å². The van der Waals surface area contributed by atoms with Crippen molar-refractivity contribution in [2.24, 2.45) is 0 Å². The van der Waals surface area contributed by atoms with Gasteiger partial charge in [0.2, 0.25) is 0 Å². The van der Waals surface area contributed by atoms with Gasteiger partial charge < -0.3 is 5.11 Å². The molecule has 0 amide bonds. The topological polar surface area (TPSA) is 50.9 Å². The van der Waals surface area contributed by atoms with E-state index in [1.54, 1.807) is 35.0 Å². The van der Waals surface area contributed by atoms with Crippen molar-refractivity contribution in [1.29, 1.82) is 0 Å². The van der Waals surface area contributed by atoms with Crippen LogP contribution in [0.25, 0.3) is 72.7 Å². The molecule has 0 bridgehead atoms. The van der Waals surface area contributed by atoms with Crippen LogP contribution in [0.15, 0.2) is 140 Å². The fourth-order valence-electron chi connectivity index (χ4n) is 7.99. The summed E-state index contributed by atoms with van der Waals surface area (Å²) in [5.41, 5.74) is -3.23. The van der Waals surface area contributed by atoms with Crippen LogP contribution in [0.1, 0.15) is 135 Å². The highest BCUT2D eigenvalue weighted by Crippen LogP contribution is 2.46. The summed E-state index contributed by atoms with van der Waals surface area (Å²) in [6.45, 7) is -10.3. The molecular weight excluding hydrogens is 767 g/mol. The fraction of sp³-hybridized carbons (Fsp3) is 0.288. The molecule has 0 saturated heterocycles. The summed E-state index contributed by atoms with van der Waals surface area (Å²) in [5.74, 6) is -1.75. The van der Waals surface area contributed by atoms with Crippen LogP contribution < -0.4 is 0 Å². The van der Waals surface area contributed by atoms with Gasteiger partial charge in [0.25, 0.3) is 0 Å². The number of aryl methyl sites for hydroxylation is 1. The molecule has 0 aliphatic carbocycles. The Kier molecular flexibility index (Phi) is 6.63. The monoisotopic (exact) mass is 848 g/mol. The summed E-state index contributed by atoms with van der Waals surface area (Å²) in [5, 5.41) is 13.1. The number of aromatic nitrogens is 3. The number of nitrogens with zero attached hydrogens (tertiary/aromatic N) is 3. The van der Waals surface area contributed by atoms with E-state index in [0.717, 1.165) is 39.4 Å². The number of imidazole rings is 1. The number of fused-ring (bicyclic) bond motifs is 1. The summed E-state index contributed by atoms with van der Waals surface area (Å²) in [7, 11) is 0. The first-order valence-electron chi connectivity index (χ1n) is 29.9. The first-order valence-corrected chi connectivity index (χ1v) is 20.9. The first-order chi connectivity index (χ1) is 37.1. The van der Waals surface area contributed by atoms with Crippen LogP contribution in [-0.4, -0.2) is 19.6 Å². The van der Waals surface area contributed by atoms with Gasteiger partial charge in [-0.25, -0.2) is 4.98 Å². The van der Waals surface area contributed by atoms with Gasteiger partial charge in [0.1, 0.15) is 11.6 Å². The summed E-state index contributed by atoms with van der Waals surface area (Å²) in [6.07, 6.45) is 1.73. The van der Waals surface area contributed by atoms with Gasteiger partial charge in [-0.3, -0.25) is 9.55 Å². The molecule has 0 atom stereocenters. The molecule has 4 heteroatoms. The lowest BCUT2D eigenvalue weighted by Gasteiger charge is -2.28. The van der Waals surface area contributed by atoms with E-state index < -0.39 is 91.0 Å². The molecule has 0 aliphatic rings. The van der Waals surface area contributed by atoms with Crippen molar-refractivity contribution in [3.8, 4) is 67.5 Å². The average molecular weight is 848 g/mol. The third-order valence-electron chi connectivity index (χ3n) is 11.6. The van der Waals surface area contributed by atoms with E-state index in [2.05, 4.69) is 20.8 Å². The lowest BCUT2D eigenvalue weighted by atomic mass is 9.79. The maximum absolute atomic E-state index is 13.1. The predicted molar refractivity (Wildman–Crippen MR) is 267 cm³/mol. The van der Waals surface area contributed by atoms with Crippen molar-refractivity contribution >= 4 is 11.0 Å². The highest BCUT2D eigenvalue weighted by atomic mass is 16.3. The molecular formula is C59H63N3O. The predicted octanol–water partition coefficient (Wildman–Crippen LogP) is 16.0. The summed E-state index contributed by atoms with van der Waals surface area (Å²) in [6, 6.07) is 39.0. The standard InChI is InChI=1S/C59H63N3O/c1-37-22-24-38(25-23-37)40-28-29-60-50(33-40)42-30-41(31-44(32-42)57(5,6)7)46-20-17-21-52-53(46)61-55(48-35-45(58(8,9)10)36-49(54(48)63)59(11,12)13)62(52)51-27-26-43(56(2,3)4)34-47(51)39-18-15-14-16-19-39/h14-36,63H,1-13H3/i8D3,9D3,10D3,11D3,12D3,13D3. The highest BCUT2D eigenvalue weighted by molar-refractivity contribution is 5.98. The zero-order valence-corrected chi connectivity index (χ0v) is 36.6. The smallest absolute Gasteiger partial charge is 0.149 e. The Balaban J connectivity index is 1.62. The molecule has 0 spiro atoms. The van der Waals surface area contributed by atoms with E-state index in [-0.39, 0.29) is 5.52 Å². The van der Waals surface area contributed by atoms with Crippen LogP contribution in [0, 0.1) is 6.92 Å². The third-order valence-corrected chi connectivity index (χ3v) is 11.6. The maximum atomic E-state index is 13.1. The second kappa shape index (κ2) is 15.8. The molecule has 4 nitrogen and oxygen atoms in total. The molecule has 8 aromatic rings. The van der Waals surface area contributed by atoms with Crippen molar-refractivity contribution in [2.75, 3.05) is 0 Å². The minimum Gasteiger partial charge on any atom is -0.507 e. The van der Waals surface area contributed by atoms with Gasteiger partial charge in [-0.15, -0.1) is 0 Å². The number of benzene rings is 6. The SMILES string of the molecule is [2H]C([2H])([2H])C(c1cc(-c2nc3c(-c4cc(-c5cc(-c6ccc(C)cc6)ccn5)cc(C(C)(C)C)c4)cccc3n2-c2ccc(C(C)(C)C)cc2-c2ccccc2)c(O)c(C(C([2H])([2H])[2H])(C([2H])([2H])[2H])C([2H])([2H])[2H])c1)(C([2H])([2H])[2H])C([2H])([2H])[2H]. The van der Waals surface area contributed by atoms with Gasteiger partial charge in [-0.1, -0.05) is 173 Å². The number of hydrogen-bond donors (Lipinski definition) is 1. The number of pyridine rings is 1. The lowest BCUT2D eigenvalue weighted by Crippen LogP contribution is -2.17.